The molecule has 22 heavy (non-hydrogen) atoms. The molecule has 2 rings (SSSR count). The third-order valence-electron chi connectivity index (χ3n) is 3.90. The highest BCUT2D eigenvalue weighted by atomic mass is 32.2. The smallest absolute Gasteiger partial charge is 0.317 e. The second-order valence-electron chi connectivity index (χ2n) is 5.86. The van der Waals surface area contributed by atoms with E-state index in [4.69, 9.17) is 4.74 Å². The Kier molecular flexibility index (Phi) is 6.42. The zero-order chi connectivity index (χ0) is 16.0. The van der Waals surface area contributed by atoms with Crippen molar-refractivity contribution in [2.45, 2.75) is 18.9 Å². The molecule has 0 radical (unpaired) electrons. The quantitative estimate of drug-likeness (QED) is 0.676. The summed E-state index contributed by atoms with van der Waals surface area (Å²) < 4.78 is 30.4. The summed E-state index contributed by atoms with van der Waals surface area (Å²) >= 11 is 0. The maximum Gasteiger partial charge on any atom is 0.317 e. The van der Waals surface area contributed by atoms with Gasteiger partial charge in [-0.3, -0.25) is 4.90 Å². The number of morpholine rings is 1. The third-order valence-corrected chi connectivity index (χ3v) is 4.66. The molecule has 2 aliphatic rings. The first-order chi connectivity index (χ1) is 10.4. The number of sulfonamides is 1. The fourth-order valence-electron chi connectivity index (χ4n) is 2.82. The SMILES string of the molecule is CS(=O)(=O)N[C@H]1CCCN(C(=O)NCCN2CCOCC2)C1. The van der Waals surface area contributed by atoms with E-state index in [-0.39, 0.29) is 12.1 Å². The molecule has 0 aromatic heterocycles. The van der Waals surface area contributed by atoms with Gasteiger partial charge < -0.3 is 15.0 Å². The molecule has 2 aliphatic heterocycles. The van der Waals surface area contributed by atoms with E-state index in [2.05, 4.69) is 14.9 Å². The minimum Gasteiger partial charge on any atom is -0.379 e. The van der Waals surface area contributed by atoms with Crippen LogP contribution in [0.25, 0.3) is 0 Å². The van der Waals surface area contributed by atoms with Crippen molar-refractivity contribution in [2.75, 3.05) is 58.7 Å². The number of amides is 2. The highest BCUT2D eigenvalue weighted by Crippen LogP contribution is 2.10. The Morgan fingerprint density at radius 2 is 2.00 bits per heavy atom. The summed E-state index contributed by atoms with van der Waals surface area (Å²) in [6.45, 7) is 5.81. The molecule has 0 aromatic carbocycles. The van der Waals surface area contributed by atoms with Crippen LogP contribution < -0.4 is 10.0 Å². The van der Waals surface area contributed by atoms with E-state index < -0.39 is 10.0 Å². The van der Waals surface area contributed by atoms with Gasteiger partial charge in [-0.15, -0.1) is 0 Å². The highest BCUT2D eigenvalue weighted by Gasteiger charge is 2.25. The zero-order valence-corrected chi connectivity index (χ0v) is 13.9. The monoisotopic (exact) mass is 334 g/mol. The van der Waals surface area contributed by atoms with Crippen LogP contribution in [0.5, 0.6) is 0 Å². The molecule has 2 amide bonds. The van der Waals surface area contributed by atoms with Crippen LogP contribution in [0.3, 0.4) is 0 Å². The number of nitrogens with zero attached hydrogens (tertiary/aromatic N) is 2. The van der Waals surface area contributed by atoms with E-state index in [0.29, 0.717) is 19.6 Å². The van der Waals surface area contributed by atoms with Crippen molar-refractivity contribution in [1.29, 1.82) is 0 Å². The van der Waals surface area contributed by atoms with Crippen molar-refractivity contribution in [2.24, 2.45) is 0 Å². The van der Waals surface area contributed by atoms with Crippen LogP contribution in [0.15, 0.2) is 0 Å². The predicted octanol–water partition coefficient (Wildman–Crippen LogP) is -0.958. The van der Waals surface area contributed by atoms with Crippen LogP contribution in [0.1, 0.15) is 12.8 Å². The van der Waals surface area contributed by atoms with Gasteiger partial charge in [0.05, 0.1) is 19.5 Å². The minimum absolute atomic E-state index is 0.117. The molecular weight excluding hydrogens is 308 g/mol. The van der Waals surface area contributed by atoms with E-state index in [9.17, 15) is 13.2 Å². The molecule has 0 unspecified atom stereocenters. The molecule has 2 fully saturated rings. The number of rotatable bonds is 5. The molecule has 8 nitrogen and oxygen atoms in total. The van der Waals surface area contributed by atoms with E-state index in [1.807, 2.05) is 0 Å². The summed E-state index contributed by atoms with van der Waals surface area (Å²) in [6, 6.07) is -0.304. The molecule has 0 saturated carbocycles. The Balaban J connectivity index is 1.69. The Morgan fingerprint density at radius 1 is 1.27 bits per heavy atom. The standard InChI is InChI=1S/C13H26N4O4S/c1-22(19,20)15-12-3-2-5-17(11-12)13(18)14-4-6-16-7-9-21-10-8-16/h12,15H,2-11H2,1H3,(H,14,18)/t12-/m0/s1. The van der Waals surface area contributed by atoms with Gasteiger partial charge in [-0.1, -0.05) is 0 Å². The van der Waals surface area contributed by atoms with E-state index in [0.717, 1.165) is 51.9 Å². The lowest BCUT2D eigenvalue weighted by molar-refractivity contribution is 0.0385. The van der Waals surface area contributed by atoms with Crippen LogP contribution in [-0.2, 0) is 14.8 Å². The van der Waals surface area contributed by atoms with E-state index in [1.165, 1.54) is 0 Å². The van der Waals surface area contributed by atoms with Crippen LogP contribution in [0.4, 0.5) is 4.79 Å². The Labute approximate surface area is 132 Å². The van der Waals surface area contributed by atoms with Crippen molar-refractivity contribution in [3.8, 4) is 0 Å². The minimum atomic E-state index is -3.23. The molecular formula is C13H26N4O4S. The summed E-state index contributed by atoms with van der Waals surface area (Å²) in [5.74, 6) is 0. The average Bonchev–Trinajstić information content (AvgIpc) is 2.47. The summed E-state index contributed by atoms with van der Waals surface area (Å²) in [5, 5.41) is 2.91. The normalized spacial score (nSPS) is 24.2. The summed E-state index contributed by atoms with van der Waals surface area (Å²) in [4.78, 5) is 16.1. The van der Waals surface area contributed by atoms with Gasteiger partial charge in [-0.2, -0.15) is 0 Å². The topological polar surface area (TPSA) is 91.0 Å². The number of carbonyl (C=O) groups is 1. The van der Waals surface area contributed by atoms with Crippen LogP contribution in [-0.4, -0.2) is 89.0 Å². The van der Waals surface area contributed by atoms with Crippen LogP contribution >= 0.6 is 0 Å². The van der Waals surface area contributed by atoms with Crippen LogP contribution in [0, 0.1) is 0 Å². The third kappa shape index (κ3) is 6.07. The second kappa shape index (κ2) is 8.09. The number of ether oxygens (including phenoxy) is 1. The lowest BCUT2D eigenvalue weighted by Crippen LogP contribution is -2.53. The van der Waals surface area contributed by atoms with Gasteiger partial charge in [-0.25, -0.2) is 17.9 Å². The second-order valence-corrected chi connectivity index (χ2v) is 7.64. The molecule has 1 atom stereocenters. The van der Waals surface area contributed by atoms with Gasteiger partial charge in [-0.05, 0) is 12.8 Å². The zero-order valence-electron chi connectivity index (χ0n) is 13.1. The lowest BCUT2D eigenvalue weighted by atomic mass is 10.1. The number of carbonyl (C=O) groups excluding carboxylic acids is 1. The molecule has 0 aromatic rings. The lowest BCUT2D eigenvalue weighted by Gasteiger charge is -2.33. The molecule has 2 saturated heterocycles. The van der Waals surface area contributed by atoms with Gasteiger partial charge in [0, 0.05) is 45.3 Å². The molecule has 0 bridgehead atoms. The van der Waals surface area contributed by atoms with Crippen molar-refractivity contribution >= 4 is 16.1 Å². The van der Waals surface area contributed by atoms with Crippen molar-refractivity contribution in [3.05, 3.63) is 0 Å². The number of hydrogen-bond acceptors (Lipinski definition) is 5. The average molecular weight is 334 g/mol. The van der Waals surface area contributed by atoms with Crippen molar-refractivity contribution < 1.29 is 17.9 Å². The van der Waals surface area contributed by atoms with Gasteiger partial charge in [0.1, 0.15) is 0 Å². The number of hydrogen-bond donors (Lipinski definition) is 2. The predicted molar refractivity (Wildman–Crippen MR) is 83.2 cm³/mol. The van der Waals surface area contributed by atoms with Gasteiger partial charge in [0.2, 0.25) is 10.0 Å². The molecule has 0 spiro atoms. The van der Waals surface area contributed by atoms with Crippen molar-refractivity contribution in [3.63, 3.8) is 0 Å². The Hall–Kier alpha value is -0.900. The fourth-order valence-corrected chi connectivity index (χ4v) is 3.62. The molecule has 128 valence electrons. The molecule has 0 aliphatic carbocycles. The summed E-state index contributed by atoms with van der Waals surface area (Å²) in [5.41, 5.74) is 0. The Morgan fingerprint density at radius 3 is 2.68 bits per heavy atom. The maximum atomic E-state index is 12.1. The Bertz CT molecular complexity index is 465. The molecule has 2 N–H and O–H groups in total. The molecule has 2 heterocycles. The highest BCUT2D eigenvalue weighted by molar-refractivity contribution is 7.88. The number of nitrogens with one attached hydrogen (secondary N) is 2. The first-order valence-electron chi connectivity index (χ1n) is 7.74. The van der Waals surface area contributed by atoms with Crippen molar-refractivity contribution in [1.82, 2.24) is 19.8 Å². The number of likely N-dealkylation sites (tertiary alicyclic amines) is 1. The summed E-state index contributed by atoms with van der Waals surface area (Å²) in [6.07, 6.45) is 2.73. The number of piperidine rings is 1. The number of urea groups is 1. The molecule has 9 heteroatoms. The first-order valence-corrected chi connectivity index (χ1v) is 9.63. The maximum absolute atomic E-state index is 12.1. The largest absolute Gasteiger partial charge is 0.379 e. The van der Waals surface area contributed by atoms with E-state index in [1.54, 1.807) is 4.90 Å². The van der Waals surface area contributed by atoms with Gasteiger partial charge >= 0.3 is 6.03 Å². The van der Waals surface area contributed by atoms with Gasteiger partial charge in [0.15, 0.2) is 0 Å². The first kappa shape index (κ1) is 17.5. The summed E-state index contributed by atoms with van der Waals surface area (Å²) in [7, 11) is -3.23. The van der Waals surface area contributed by atoms with Crippen LogP contribution in [0.2, 0.25) is 0 Å². The van der Waals surface area contributed by atoms with Gasteiger partial charge in [0.25, 0.3) is 0 Å². The van der Waals surface area contributed by atoms with E-state index >= 15 is 0 Å². The fraction of sp³-hybridized carbons (Fsp3) is 0.923.